The van der Waals surface area contributed by atoms with Crippen molar-refractivity contribution in [1.29, 1.82) is 0 Å². The van der Waals surface area contributed by atoms with E-state index in [-0.39, 0.29) is 23.2 Å². The number of non-ortho nitro benzene ring substituents is 1. The second-order valence-electron chi connectivity index (χ2n) is 4.18. The van der Waals surface area contributed by atoms with Crippen LogP contribution < -0.4 is 5.32 Å². The Labute approximate surface area is 114 Å². The fourth-order valence-electron chi connectivity index (χ4n) is 1.72. The molecule has 0 fully saturated rings. The van der Waals surface area contributed by atoms with Crippen LogP contribution in [-0.2, 0) is 0 Å². The summed E-state index contributed by atoms with van der Waals surface area (Å²) < 4.78 is 18.8. The Morgan fingerprint density at radius 3 is 2.85 bits per heavy atom. The van der Waals surface area contributed by atoms with Gasteiger partial charge in [0.2, 0.25) is 11.8 Å². The van der Waals surface area contributed by atoms with E-state index in [1.807, 2.05) is 13.8 Å². The summed E-state index contributed by atoms with van der Waals surface area (Å²) in [6, 6.07) is 2.99. The molecular formula is C12H13FN4O3. The molecule has 0 saturated heterocycles. The molecular weight excluding hydrogens is 267 g/mol. The second kappa shape index (κ2) is 5.74. The summed E-state index contributed by atoms with van der Waals surface area (Å²) in [6.45, 7) is 4.50. The van der Waals surface area contributed by atoms with Gasteiger partial charge in [-0.3, -0.25) is 10.1 Å². The zero-order valence-corrected chi connectivity index (χ0v) is 11.0. The first-order valence-corrected chi connectivity index (χ1v) is 6.03. The molecule has 0 radical (unpaired) electrons. The van der Waals surface area contributed by atoms with Gasteiger partial charge in [0.1, 0.15) is 5.82 Å². The molecule has 106 valence electrons. The molecule has 0 spiro atoms. The summed E-state index contributed by atoms with van der Waals surface area (Å²) in [6.07, 6.45) is 0. The van der Waals surface area contributed by atoms with E-state index in [2.05, 4.69) is 15.5 Å². The van der Waals surface area contributed by atoms with Crippen molar-refractivity contribution in [2.45, 2.75) is 19.9 Å². The molecule has 1 atom stereocenters. The highest BCUT2D eigenvalue weighted by molar-refractivity contribution is 5.57. The Balaban J connectivity index is 2.34. The molecule has 0 aliphatic rings. The average Bonchev–Trinajstić information content (AvgIpc) is 2.88. The van der Waals surface area contributed by atoms with Crippen molar-refractivity contribution in [1.82, 2.24) is 15.5 Å². The number of nitrogens with zero attached hydrogens (tertiary/aromatic N) is 3. The van der Waals surface area contributed by atoms with Crippen LogP contribution in [-0.4, -0.2) is 21.7 Å². The molecule has 0 amide bonds. The number of aromatic nitrogens is 2. The highest BCUT2D eigenvalue weighted by Crippen LogP contribution is 2.25. The number of hydrogen-bond acceptors (Lipinski definition) is 6. The van der Waals surface area contributed by atoms with Gasteiger partial charge in [0.05, 0.1) is 17.0 Å². The first-order chi connectivity index (χ1) is 9.51. The lowest BCUT2D eigenvalue weighted by Crippen LogP contribution is -2.17. The Kier molecular flexibility index (Phi) is 4.04. The number of nitrogens with one attached hydrogen (secondary N) is 1. The third-order valence-electron chi connectivity index (χ3n) is 2.66. The van der Waals surface area contributed by atoms with Crippen LogP contribution in [0.5, 0.6) is 0 Å². The van der Waals surface area contributed by atoms with Crippen LogP contribution in [0.1, 0.15) is 25.8 Å². The molecule has 2 aromatic rings. The third-order valence-corrected chi connectivity index (χ3v) is 2.66. The van der Waals surface area contributed by atoms with E-state index in [1.165, 1.54) is 6.07 Å². The van der Waals surface area contributed by atoms with Gasteiger partial charge in [0, 0.05) is 11.6 Å². The van der Waals surface area contributed by atoms with Crippen LogP contribution in [0.15, 0.2) is 22.6 Å². The standard InChI is InChI=1S/C12H13FN4O3/c1-3-14-7(2)11-15-16-12(20-11)8-4-9(13)6-10(5-8)17(18)19/h4-7,14H,3H2,1-2H3. The third kappa shape index (κ3) is 2.97. The smallest absolute Gasteiger partial charge is 0.273 e. The van der Waals surface area contributed by atoms with Crippen molar-refractivity contribution < 1.29 is 13.7 Å². The molecule has 0 saturated carbocycles. The zero-order valence-electron chi connectivity index (χ0n) is 11.0. The summed E-state index contributed by atoms with van der Waals surface area (Å²) >= 11 is 0. The highest BCUT2D eigenvalue weighted by atomic mass is 19.1. The highest BCUT2D eigenvalue weighted by Gasteiger charge is 2.17. The lowest BCUT2D eigenvalue weighted by molar-refractivity contribution is -0.385. The Hall–Kier alpha value is -2.35. The van der Waals surface area contributed by atoms with E-state index < -0.39 is 10.7 Å². The van der Waals surface area contributed by atoms with Crippen molar-refractivity contribution in [2.75, 3.05) is 6.54 Å². The molecule has 1 aromatic heterocycles. The van der Waals surface area contributed by atoms with Gasteiger partial charge in [-0.2, -0.15) is 0 Å². The molecule has 0 aliphatic heterocycles. The average molecular weight is 280 g/mol. The number of nitro benzene ring substituents is 1. The maximum atomic E-state index is 13.4. The van der Waals surface area contributed by atoms with Crippen molar-refractivity contribution in [3.05, 3.63) is 40.0 Å². The van der Waals surface area contributed by atoms with Crippen LogP contribution in [0.3, 0.4) is 0 Å². The van der Waals surface area contributed by atoms with Gasteiger partial charge in [0.15, 0.2) is 0 Å². The van der Waals surface area contributed by atoms with Gasteiger partial charge in [-0.1, -0.05) is 6.92 Å². The van der Waals surface area contributed by atoms with E-state index in [0.717, 1.165) is 18.7 Å². The molecule has 1 unspecified atom stereocenters. The van der Waals surface area contributed by atoms with Gasteiger partial charge in [-0.05, 0) is 19.5 Å². The molecule has 8 heteroatoms. The summed E-state index contributed by atoms with van der Waals surface area (Å²) in [5.41, 5.74) is -0.182. The second-order valence-corrected chi connectivity index (χ2v) is 4.18. The lowest BCUT2D eigenvalue weighted by atomic mass is 10.2. The normalized spacial score (nSPS) is 12.3. The SMILES string of the molecule is CCNC(C)c1nnc(-c2cc(F)cc([N+](=O)[O-])c2)o1. The first kappa shape index (κ1) is 14.1. The summed E-state index contributed by atoms with van der Waals surface area (Å²) in [5.74, 6) is -0.338. The minimum atomic E-state index is -0.728. The zero-order chi connectivity index (χ0) is 14.7. The van der Waals surface area contributed by atoms with Gasteiger partial charge in [-0.15, -0.1) is 10.2 Å². The van der Waals surface area contributed by atoms with E-state index >= 15 is 0 Å². The van der Waals surface area contributed by atoms with E-state index in [9.17, 15) is 14.5 Å². The summed E-state index contributed by atoms with van der Waals surface area (Å²) in [5, 5.41) is 21.4. The molecule has 0 aliphatic carbocycles. The molecule has 20 heavy (non-hydrogen) atoms. The largest absolute Gasteiger partial charge is 0.419 e. The van der Waals surface area contributed by atoms with Crippen LogP contribution in [0.25, 0.3) is 11.5 Å². The van der Waals surface area contributed by atoms with Crippen molar-refractivity contribution in [3.63, 3.8) is 0 Å². The van der Waals surface area contributed by atoms with E-state index in [1.54, 1.807) is 0 Å². The maximum Gasteiger partial charge on any atom is 0.273 e. The quantitative estimate of drug-likeness (QED) is 0.667. The first-order valence-electron chi connectivity index (χ1n) is 6.03. The van der Waals surface area contributed by atoms with Crippen LogP contribution >= 0.6 is 0 Å². The minimum Gasteiger partial charge on any atom is -0.419 e. The summed E-state index contributed by atoms with van der Waals surface area (Å²) in [4.78, 5) is 10.0. The maximum absolute atomic E-state index is 13.4. The predicted octanol–water partition coefficient (Wildman–Crippen LogP) is 2.45. The number of benzene rings is 1. The van der Waals surface area contributed by atoms with Crippen LogP contribution in [0.2, 0.25) is 0 Å². The Morgan fingerprint density at radius 2 is 2.20 bits per heavy atom. The molecule has 1 N–H and O–H groups in total. The minimum absolute atomic E-state index is 0.0485. The van der Waals surface area contributed by atoms with Crippen molar-refractivity contribution >= 4 is 5.69 Å². The number of halogens is 1. The topological polar surface area (TPSA) is 94.1 Å². The fraction of sp³-hybridized carbons (Fsp3) is 0.333. The Bertz CT molecular complexity index is 629. The van der Waals surface area contributed by atoms with Gasteiger partial charge in [0.25, 0.3) is 5.69 Å². The monoisotopic (exact) mass is 280 g/mol. The lowest BCUT2D eigenvalue weighted by Gasteiger charge is -2.05. The van der Waals surface area contributed by atoms with Gasteiger partial charge in [-0.25, -0.2) is 4.39 Å². The molecule has 0 bridgehead atoms. The van der Waals surface area contributed by atoms with E-state index in [4.69, 9.17) is 4.42 Å². The van der Waals surface area contributed by atoms with Gasteiger partial charge >= 0.3 is 0 Å². The van der Waals surface area contributed by atoms with Gasteiger partial charge < -0.3 is 9.73 Å². The van der Waals surface area contributed by atoms with Crippen LogP contribution in [0, 0.1) is 15.9 Å². The molecule has 1 aromatic carbocycles. The summed E-state index contributed by atoms with van der Waals surface area (Å²) in [7, 11) is 0. The fourth-order valence-corrected chi connectivity index (χ4v) is 1.72. The van der Waals surface area contributed by atoms with Crippen molar-refractivity contribution in [3.8, 4) is 11.5 Å². The van der Waals surface area contributed by atoms with Crippen molar-refractivity contribution in [2.24, 2.45) is 0 Å². The molecule has 1 heterocycles. The molecule has 7 nitrogen and oxygen atoms in total. The van der Waals surface area contributed by atoms with Crippen LogP contribution in [0.4, 0.5) is 10.1 Å². The Morgan fingerprint density at radius 1 is 1.45 bits per heavy atom. The number of rotatable bonds is 5. The number of hydrogen-bond donors (Lipinski definition) is 1. The van der Waals surface area contributed by atoms with E-state index in [0.29, 0.717) is 5.89 Å². The molecule has 2 rings (SSSR count). The predicted molar refractivity (Wildman–Crippen MR) is 68.4 cm³/mol. The number of nitro groups is 1.